The Balaban J connectivity index is 1.98. The molecule has 0 aliphatic carbocycles. The first-order valence-electron chi connectivity index (χ1n) is 7.53. The summed E-state index contributed by atoms with van der Waals surface area (Å²) in [6, 6.07) is 8.83. The minimum atomic E-state index is -2.89. The van der Waals surface area contributed by atoms with E-state index in [1.54, 1.807) is 18.4 Å². The maximum Gasteiger partial charge on any atom is 0.387 e. The number of halogens is 2. The number of likely N-dealkylation sites (N-methyl/N-ethyl adjacent to an activating group) is 1. The highest BCUT2D eigenvalue weighted by Gasteiger charge is 2.16. The molecule has 1 atom stereocenters. The van der Waals surface area contributed by atoms with E-state index in [1.165, 1.54) is 7.11 Å². The van der Waals surface area contributed by atoms with E-state index in [-0.39, 0.29) is 17.5 Å². The van der Waals surface area contributed by atoms with Crippen molar-refractivity contribution in [1.29, 1.82) is 0 Å². The lowest BCUT2D eigenvalue weighted by molar-refractivity contribution is -0.0512. The van der Waals surface area contributed by atoms with Crippen molar-refractivity contribution in [3.05, 3.63) is 47.9 Å². The van der Waals surface area contributed by atoms with Crippen LogP contribution in [0.2, 0.25) is 0 Å². The molecule has 5 nitrogen and oxygen atoms in total. The van der Waals surface area contributed by atoms with Gasteiger partial charge in [0.05, 0.1) is 19.4 Å². The van der Waals surface area contributed by atoms with Gasteiger partial charge in [-0.05, 0) is 43.9 Å². The lowest BCUT2D eigenvalue weighted by atomic mass is 10.1. The average molecular weight is 340 g/mol. The molecule has 0 saturated heterocycles. The molecular formula is C17H22F2N2O3. The number of nitrogens with zero attached hydrogens (tertiary/aromatic N) is 1. The van der Waals surface area contributed by atoms with Crippen LogP contribution in [0.4, 0.5) is 8.78 Å². The molecule has 0 spiro atoms. The first-order valence-corrected chi connectivity index (χ1v) is 7.53. The third-order valence-corrected chi connectivity index (χ3v) is 3.61. The number of methoxy groups -OCH3 is 1. The van der Waals surface area contributed by atoms with Crippen LogP contribution in [0.5, 0.6) is 11.5 Å². The van der Waals surface area contributed by atoms with Crippen molar-refractivity contribution in [3.63, 3.8) is 0 Å². The highest BCUT2D eigenvalue weighted by atomic mass is 19.3. The van der Waals surface area contributed by atoms with Gasteiger partial charge in [0.2, 0.25) is 0 Å². The molecule has 1 aromatic heterocycles. The standard InChI is InChI=1S/C17H22F2N2O3/c1-21(2)13(14-5-4-8-23-14)11-20-10-12-6-7-15(22-3)16(9-12)24-17(18)19/h4-9,13,17,20H,10-11H2,1-3H3. The van der Waals surface area contributed by atoms with Crippen molar-refractivity contribution in [2.24, 2.45) is 0 Å². The summed E-state index contributed by atoms with van der Waals surface area (Å²) in [6.07, 6.45) is 1.64. The summed E-state index contributed by atoms with van der Waals surface area (Å²) in [6.45, 7) is -1.73. The first kappa shape index (κ1) is 18.2. The van der Waals surface area contributed by atoms with Gasteiger partial charge in [-0.1, -0.05) is 6.07 Å². The molecule has 0 radical (unpaired) electrons. The molecule has 0 amide bonds. The Morgan fingerprint density at radius 2 is 2.00 bits per heavy atom. The van der Waals surface area contributed by atoms with E-state index in [4.69, 9.17) is 9.15 Å². The summed E-state index contributed by atoms with van der Waals surface area (Å²) in [5.74, 6) is 1.17. The second-order valence-electron chi connectivity index (χ2n) is 5.49. The number of hydrogen-bond donors (Lipinski definition) is 1. The smallest absolute Gasteiger partial charge is 0.387 e. The summed E-state index contributed by atoms with van der Waals surface area (Å²) in [5.41, 5.74) is 0.823. The van der Waals surface area contributed by atoms with E-state index in [0.29, 0.717) is 13.1 Å². The van der Waals surface area contributed by atoms with Gasteiger partial charge in [0.15, 0.2) is 11.5 Å². The zero-order valence-corrected chi connectivity index (χ0v) is 14.0. The molecule has 24 heavy (non-hydrogen) atoms. The monoisotopic (exact) mass is 340 g/mol. The quantitative estimate of drug-likeness (QED) is 0.759. The zero-order valence-electron chi connectivity index (χ0n) is 14.0. The largest absolute Gasteiger partial charge is 0.493 e. The van der Waals surface area contributed by atoms with Gasteiger partial charge in [-0.15, -0.1) is 0 Å². The second-order valence-corrected chi connectivity index (χ2v) is 5.49. The summed E-state index contributed by atoms with van der Waals surface area (Å²) in [5, 5.41) is 3.30. The van der Waals surface area contributed by atoms with Gasteiger partial charge < -0.3 is 19.2 Å². The van der Waals surface area contributed by atoms with E-state index < -0.39 is 6.61 Å². The van der Waals surface area contributed by atoms with Gasteiger partial charge in [0.25, 0.3) is 0 Å². The molecule has 7 heteroatoms. The van der Waals surface area contributed by atoms with Crippen LogP contribution in [-0.4, -0.2) is 39.3 Å². The maximum atomic E-state index is 12.5. The van der Waals surface area contributed by atoms with E-state index in [0.717, 1.165) is 11.3 Å². The topological polar surface area (TPSA) is 46.9 Å². The molecule has 1 heterocycles. The minimum absolute atomic E-state index is 0.0296. The first-order chi connectivity index (χ1) is 11.5. The van der Waals surface area contributed by atoms with Crippen LogP contribution in [0.1, 0.15) is 17.4 Å². The van der Waals surface area contributed by atoms with Crippen molar-refractivity contribution in [2.45, 2.75) is 19.2 Å². The van der Waals surface area contributed by atoms with Gasteiger partial charge in [-0.3, -0.25) is 4.90 Å². The van der Waals surface area contributed by atoms with E-state index in [2.05, 4.69) is 10.1 Å². The molecule has 2 aromatic rings. The Bertz CT molecular complexity index is 618. The fraction of sp³-hybridized carbons (Fsp3) is 0.412. The molecule has 0 aliphatic rings. The van der Waals surface area contributed by atoms with Crippen molar-refractivity contribution < 1.29 is 22.7 Å². The zero-order chi connectivity index (χ0) is 17.5. The predicted octanol–water partition coefficient (Wildman–Crippen LogP) is 3.28. The lowest BCUT2D eigenvalue weighted by Gasteiger charge is -2.22. The Morgan fingerprint density at radius 3 is 2.58 bits per heavy atom. The molecule has 0 bridgehead atoms. The summed E-state index contributed by atoms with van der Waals surface area (Å²) >= 11 is 0. The molecule has 1 N–H and O–H groups in total. The summed E-state index contributed by atoms with van der Waals surface area (Å²) < 4.78 is 39.9. The number of alkyl halides is 2. The Labute approximate surface area is 140 Å². The summed E-state index contributed by atoms with van der Waals surface area (Å²) in [4.78, 5) is 2.05. The number of hydrogen-bond acceptors (Lipinski definition) is 5. The number of nitrogens with one attached hydrogen (secondary N) is 1. The van der Waals surface area contributed by atoms with Crippen molar-refractivity contribution >= 4 is 0 Å². The van der Waals surface area contributed by atoms with E-state index >= 15 is 0 Å². The fourth-order valence-corrected chi connectivity index (χ4v) is 2.39. The van der Waals surface area contributed by atoms with Crippen molar-refractivity contribution in [3.8, 4) is 11.5 Å². The average Bonchev–Trinajstić information content (AvgIpc) is 3.05. The highest BCUT2D eigenvalue weighted by Crippen LogP contribution is 2.29. The number of ether oxygens (including phenoxy) is 2. The molecule has 2 rings (SSSR count). The van der Waals surface area contributed by atoms with Crippen LogP contribution >= 0.6 is 0 Å². The van der Waals surface area contributed by atoms with Crippen LogP contribution in [0.3, 0.4) is 0 Å². The number of furan rings is 1. The van der Waals surface area contributed by atoms with Crippen LogP contribution in [0.15, 0.2) is 41.0 Å². The third kappa shape index (κ3) is 4.94. The number of rotatable bonds is 9. The molecule has 1 aromatic carbocycles. The lowest BCUT2D eigenvalue weighted by Crippen LogP contribution is -2.30. The molecular weight excluding hydrogens is 318 g/mol. The van der Waals surface area contributed by atoms with Gasteiger partial charge in [-0.25, -0.2) is 0 Å². The molecule has 0 saturated carbocycles. The molecule has 1 unspecified atom stereocenters. The SMILES string of the molecule is COc1ccc(CNCC(c2ccco2)N(C)C)cc1OC(F)F. The van der Waals surface area contributed by atoms with E-state index in [9.17, 15) is 8.78 Å². The van der Waals surface area contributed by atoms with Crippen LogP contribution < -0.4 is 14.8 Å². The maximum absolute atomic E-state index is 12.5. The third-order valence-electron chi connectivity index (χ3n) is 3.61. The highest BCUT2D eigenvalue weighted by molar-refractivity contribution is 5.43. The van der Waals surface area contributed by atoms with Gasteiger partial charge in [0, 0.05) is 13.1 Å². The molecule has 0 fully saturated rings. The normalized spacial score (nSPS) is 12.6. The predicted molar refractivity (Wildman–Crippen MR) is 86.5 cm³/mol. The molecule has 0 aliphatic heterocycles. The van der Waals surface area contributed by atoms with E-state index in [1.807, 2.05) is 37.2 Å². The Hall–Kier alpha value is -2.12. The Morgan fingerprint density at radius 1 is 1.21 bits per heavy atom. The summed E-state index contributed by atoms with van der Waals surface area (Å²) in [7, 11) is 5.35. The minimum Gasteiger partial charge on any atom is -0.493 e. The van der Waals surface area contributed by atoms with Crippen molar-refractivity contribution in [2.75, 3.05) is 27.7 Å². The Kier molecular flexibility index (Phi) is 6.57. The van der Waals surface area contributed by atoms with Crippen molar-refractivity contribution in [1.82, 2.24) is 10.2 Å². The van der Waals surface area contributed by atoms with Crippen LogP contribution in [-0.2, 0) is 6.54 Å². The number of benzene rings is 1. The molecule has 132 valence electrons. The fourth-order valence-electron chi connectivity index (χ4n) is 2.39. The van der Waals surface area contributed by atoms with Crippen LogP contribution in [0.25, 0.3) is 0 Å². The second kappa shape index (κ2) is 8.65. The van der Waals surface area contributed by atoms with Gasteiger partial charge in [-0.2, -0.15) is 8.78 Å². The van der Waals surface area contributed by atoms with Gasteiger partial charge in [0.1, 0.15) is 5.76 Å². The van der Waals surface area contributed by atoms with Crippen LogP contribution in [0, 0.1) is 0 Å². The van der Waals surface area contributed by atoms with Gasteiger partial charge >= 0.3 is 6.61 Å².